The molecule has 0 saturated carbocycles. The van der Waals surface area contributed by atoms with E-state index in [1.165, 1.54) is 17.8 Å². The molecule has 1 unspecified atom stereocenters. The van der Waals surface area contributed by atoms with E-state index >= 15 is 0 Å². The zero-order valence-electron chi connectivity index (χ0n) is 16.8. The Morgan fingerprint density at radius 1 is 1.18 bits per heavy atom. The number of piperidine rings is 1. The van der Waals surface area contributed by atoms with Crippen molar-refractivity contribution in [2.75, 3.05) is 39.3 Å². The Morgan fingerprint density at radius 2 is 1.93 bits per heavy atom. The number of carbonyl (C=O) groups excluding carboxylic acids is 1. The summed E-state index contributed by atoms with van der Waals surface area (Å²) >= 11 is 1.51. The van der Waals surface area contributed by atoms with Crippen LogP contribution < -0.4 is 5.56 Å². The van der Waals surface area contributed by atoms with Crippen molar-refractivity contribution in [3.05, 3.63) is 33.2 Å². The number of hydrogen-bond acceptors (Lipinski definition) is 6. The molecule has 0 bridgehead atoms. The molecule has 0 aliphatic carbocycles. The van der Waals surface area contributed by atoms with Crippen LogP contribution >= 0.6 is 11.3 Å². The van der Waals surface area contributed by atoms with Gasteiger partial charge in [-0.05, 0) is 33.1 Å². The van der Waals surface area contributed by atoms with Gasteiger partial charge in [0.2, 0.25) is 5.91 Å². The van der Waals surface area contributed by atoms with Crippen LogP contribution in [0.3, 0.4) is 0 Å². The first-order valence-electron chi connectivity index (χ1n) is 10.2. The molecular weight excluding hydrogens is 374 g/mol. The Balaban J connectivity index is 1.31. The van der Waals surface area contributed by atoms with Gasteiger partial charge in [-0.25, -0.2) is 4.98 Å². The number of carbonyl (C=O) groups is 1. The number of aromatic nitrogens is 2. The average molecular weight is 404 g/mol. The van der Waals surface area contributed by atoms with E-state index in [0.29, 0.717) is 19.1 Å². The monoisotopic (exact) mass is 403 g/mol. The highest BCUT2D eigenvalue weighted by Crippen LogP contribution is 2.17. The van der Waals surface area contributed by atoms with Gasteiger partial charge in [-0.1, -0.05) is 0 Å². The summed E-state index contributed by atoms with van der Waals surface area (Å²) in [7, 11) is 0. The highest BCUT2D eigenvalue weighted by Gasteiger charge is 2.26. The van der Waals surface area contributed by atoms with Gasteiger partial charge in [-0.3, -0.25) is 23.8 Å². The summed E-state index contributed by atoms with van der Waals surface area (Å²) in [5.74, 6) is 0.272. The molecule has 4 heterocycles. The molecule has 8 heteroatoms. The smallest absolute Gasteiger partial charge is 0.259 e. The first-order valence-corrected chi connectivity index (χ1v) is 11.1. The molecule has 28 heavy (non-hydrogen) atoms. The van der Waals surface area contributed by atoms with Crippen LogP contribution in [-0.4, -0.2) is 75.3 Å². The summed E-state index contributed by atoms with van der Waals surface area (Å²) in [6, 6.07) is 2.03. The molecule has 0 N–H and O–H groups in total. The number of aryl methyl sites for hydroxylation is 1. The van der Waals surface area contributed by atoms with Crippen molar-refractivity contribution in [3.63, 3.8) is 0 Å². The maximum atomic E-state index is 12.6. The van der Waals surface area contributed by atoms with Gasteiger partial charge in [0.1, 0.15) is 0 Å². The maximum absolute atomic E-state index is 12.6. The molecule has 1 atom stereocenters. The number of thiazole rings is 1. The van der Waals surface area contributed by atoms with Crippen LogP contribution in [0.4, 0.5) is 0 Å². The second-order valence-corrected chi connectivity index (χ2v) is 8.90. The van der Waals surface area contributed by atoms with E-state index < -0.39 is 0 Å². The third-order valence-electron chi connectivity index (χ3n) is 5.96. The lowest BCUT2D eigenvalue weighted by Crippen LogP contribution is -2.51. The van der Waals surface area contributed by atoms with Crippen molar-refractivity contribution in [1.29, 1.82) is 0 Å². The van der Waals surface area contributed by atoms with Crippen LogP contribution in [0.2, 0.25) is 0 Å². The molecule has 152 valence electrons. The van der Waals surface area contributed by atoms with E-state index in [1.54, 1.807) is 10.5 Å². The topological polar surface area (TPSA) is 61.2 Å². The van der Waals surface area contributed by atoms with Gasteiger partial charge in [0.05, 0.1) is 12.2 Å². The summed E-state index contributed by atoms with van der Waals surface area (Å²) in [5, 5.41) is 1.96. The minimum absolute atomic E-state index is 0.00126. The Kier molecular flexibility index (Phi) is 5.80. The van der Waals surface area contributed by atoms with Crippen molar-refractivity contribution in [1.82, 2.24) is 24.1 Å². The first-order chi connectivity index (χ1) is 13.5. The number of hydrogen-bond donors (Lipinski definition) is 0. The minimum Gasteiger partial charge on any atom is -0.339 e. The molecule has 2 saturated heterocycles. The third kappa shape index (κ3) is 4.14. The van der Waals surface area contributed by atoms with Crippen molar-refractivity contribution in [2.45, 2.75) is 45.7 Å². The van der Waals surface area contributed by atoms with E-state index in [0.717, 1.165) is 61.9 Å². The van der Waals surface area contributed by atoms with Crippen LogP contribution in [0.1, 0.15) is 37.6 Å². The molecule has 2 aromatic heterocycles. The van der Waals surface area contributed by atoms with Crippen LogP contribution in [0.15, 0.2) is 16.2 Å². The number of likely N-dealkylation sites (tertiary alicyclic amines) is 1. The fourth-order valence-corrected chi connectivity index (χ4v) is 5.16. The van der Waals surface area contributed by atoms with Crippen molar-refractivity contribution in [2.24, 2.45) is 0 Å². The van der Waals surface area contributed by atoms with Crippen molar-refractivity contribution in [3.8, 4) is 0 Å². The average Bonchev–Trinajstić information content (AvgIpc) is 3.05. The van der Waals surface area contributed by atoms with Gasteiger partial charge in [-0.2, -0.15) is 0 Å². The third-order valence-corrected chi connectivity index (χ3v) is 6.90. The predicted molar refractivity (Wildman–Crippen MR) is 111 cm³/mol. The maximum Gasteiger partial charge on any atom is 0.259 e. The van der Waals surface area contributed by atoms with E-state index in [2.05, 4.69) is 26.6 Å². The number of fused-ring (bicyclic) bond motifs is 1. The van der Waals surface area contributed by atoms with Gasteiger partial charge in [-0.15, -0.1) is 11.3 Å². The zero-order valence-corrected chi connectivity index (χ0v) is 17.6. The molecule has 2 aliphatic heterocycles. The SMILES string of the molecule is Cc1csc2nc(CN3CCN(CC(=O)N4CCCCC4C)CC3)cc(=O)n12. The summed E-state index contributed by atoms with van der Waals surface area (Å²) in [5.41, 5.74) is 1.77. The number of rotatable bonds is 4. The van der Waals surface area contributed by atoms with Crippen LogP contribution in [0, 0.1) is 6.92 Å². The standard InChI is InChI=1S/C20H29N5O2S/c1-15-5-3-4-6-24(15)19(27)13-23-9-7-22(8-10-23)12-17-11-18(26)25-16(2)14-28-20(25)21-17/h11,14-15H,3-10,12-13H2,1-2H3. The van der Waals surface area contributed by atoms with E-state index in [-0.39, 0.29) is 11.5 Å². The Morgan fingerprint density at radius 3 is 2.68 bits per heavy atom. The molecule has 0 aromatic carbocycles. The lowest BCUT2D eigenvalue weighted by molar-refractivity contribution is -0.136. The number of piperazine rings is 1. The van der Waals surface area contributed by atoms with E-state index in [9.17, 15) is 9.59 Å². The summed E-state index contributed by atoms with van der Waals surface area (Å²) < 4.78 is 1.67. The van der Waals surface area contributed by atoms with Crippen LogP contribution in [-0.2, 0) is 11.3 Å². The van der Waals surface area contributed by atoms with Crippen LogP contribution in [0.25, 0.3) is 4.96 Å². The first kappa shape index (κ1) is 19.5. The zero-order chi connectivity index (χ0) is 19.7. The summed E-state index contributed by atoms with van der Waals surface area (Å²) in [4.78, 5) is 37.0. The normalized spacial score (nSPS) is 22.1. The molecule has 2 aromatic rings. The van der Waals surface area contributed by atoms with Crippen molar-refractivity contribution < 1.29 is 4.79 Å². The van der Waals surface area contributed by atoms with Gasteiger partial charge in [0.15, 0.2) is 4.96 Å². The molecule has 0 radical (unpaired) electrons. The summed E-state index contributed by atoms with van der Waals surface area (Å²) in [6.07, 6.45) is 3.49. The van der Waals surface area contributed by atoms with E-state index in [1.807, 2.05) is 12.3 Å². The van der Waals surface area contributed by atoms with Gasteiger partial charge in [0, 0.05) is 62.5 Å². The van der Waals surface area contributed by atoms with Gasteiger partial charge in [0.25, 0.3) is 5.56 Å². The van der Waals surface area contributed by atoms with Gasteiger partial charge >= 0.3 is 0 Å². The molecular formula is C20H29N5O2S. The fraction of sp³-hybridized carbons (Fsp3) is 0.650. The highest BCUT2D eigenvalue weighted by atomic mass is 32.1. The number of amides is 1. The Bertz CT molecular complexity index is 900. The van der Waals surface area contributed by atoms with Crippen molar-refractivity contribution >= 4 is 22.2 Å². The molecule has 0 spiro atoms. The fourth-order valence-electron chi connectivity index (χ4n) is 4.27. The molecule has 1 amide bonds. The van der Waals surface area contributed by atoms with Crippen LogP contribution in [0.5, 0.6) is 0 Å². The molecule has 7 nitrogen and oxygen atoms in total. The quantitative estimate of drug-likeness (QED) is 0.776. The molecule has 2 aliphatic rings. The lowest BCUT2D eigenvalue weighted by atomic mass is 10.0. The predicted octanol–water partition coefficient (Wildman–Crippen LogP) is 1.58. The molecule has 2 fully saturated rings. The highest BCUT2D eigenvalue weighted by molar-refractivity contribution is 7.15. The molecule has 4 rings (SSSR count). The van der Waals surface area contributed by atoms with E-state index in [4.69, 9.17) is 0 Å². The summed E-state index contributed by atoms with van der Waals surface area (Å²) in [6.45, 7) is 9.77. The van der Waals surface area contributed by atoms with Gasteiger partial charge < -0.3 is 4.90 Å². The second-order valence-electron chi connectivity index (χ2n) is 8.07. The Labute approximate surface area is 169 Å². The minimum atomic E-state index is -0.00126. The Hall–Kier alpha value is -1.77. The number of nitrogens with zero attached hydrogens (tertiary/aromatic N) is 5. The lowest BCUT2D eigenvalue weighted by Gasteiger charge is -2.38. The second kappa shape index (κ2) is 8.31. The largest absolute Gasteiger partial charge is 0.339 e.